The summed E-state index contributed by atoms with van der Waals surface area (Å²) in [6, 6.07) is 0. The smallest absolute Gasteiger partial charge is 0.0397 e. The Balaban J connectivity index is -0.0000000800. The Morgan fingerprint density at radius 3 is 2.00 bits per heavy atom. The van der Waals surface area contributed by atoms with Gasteiger partial charge in [-0.2, -0.15) is 0 Å². The molecule has 0 spiro atoms. The van der Waals surface area contributed by atoms with E-state index in [1.807, 2.05) is 0 Å². The fraction of sp³-hybridized carbons (Fsp3) is 0.250. The van der Waals surface area contributed by atoms with Gasteiger partial charge in [0.25, 0.3) is 0 Å². The molecule has 0 amide bonds. The van der Waals surface area contributed by atoms with Gasteiger partial charge in [0.05, 0.1) is 0 Å². The van der Waals surface area contributed by atoms with Gasteiger partial charge in [0, 0.05) is 60.1 Å². The maximum Gasteiger partial charge on any atom is 0.0397 e. The van der Waals surface area contributed by atoms with Crippen molar-refractivity contribution in [1.82, 2.24) is 0 Å². The van der Waals surface area contributed by atoms with Crippen molar-refractivity contribution in [1.29, 1.82) is 0 Å². The van der Waals surface area contributed by atoms with Gasteiger partial charge < -0.3 is 10.7 Å². The molecule has 0 heterocycles. The zero-order valence-electron chi connectivity index (χ0n) is 3.89. The first-order valence-corrected chi connectivity index (χ1v) is 1.20. The van der Waals surface area contributed by atoms with Gasteiger partial charge in [0.15, 0.2) is 0 Å². The fourth-order valence-electron chi connectivity index (χ4n) is 0.0510. The standard InChI is InChI=1S/C4H3O.W.Y/c1-2-3-4-5;;/h1H3;;/q-1;;. The summed E-state index contributed by atoms with van der Waals surface area (Å²) in [5.41, 5.74) is 0. The van der Waals surface area contributed by atoms with E-state index in [4.69, 9.17) is 4.79 Å². The molecule has 0 aliphatic heterocycles. The summed E-state index contributed by atoms with van der Waals surface area (Å²) in [4.78, 5) is 9.11. The number of hydrogen-bond acceptors (Lipinski definition) is 1. The molecule has 0 unspecified atom stereocenters. The first-order chi connectivity index (χ1) is 2.41. The average Bonchev–Trinajstić information content (AvgIpc) is 1.41. The predicted octanol–water partition coefficient (Wildman–Crippen LogP) is 0.114. The van der Waals surface area contributed by atoms with Crippen LogP contribution in [0.4, 0.5) is 0 Å². The van der Waals surface area contributed by atoms with Crippen LogP contribution in [0.15, 0.2) is 0 Å². The van der Waals surface area contributed by atoms with Crippen molar-refractivity contribution in [2.75, 3.05) is 0 Å². The molecular formula is C4H3OWY-. The molecule has 0 aromatic heterocycles. The van der Waals surface area contributed by atoms with Crippen molar-refractivity contribution in [2.24, 2.45) is 0 Å². The summed E-state index contributed by atoms with van der Waals surface area (Å²) in [6.07, 6.45) is 1.41. The van der Waals surface area contributed by atoms with Gasteiger partial charge in [-0.1, -0.05) is 6.92 Å². The van der Waals surface area contributed by atoms with Crippen molar-refractivity contribution in [3.63, 3.8) is 0 Å². The van der Waals surface area contributed by atoms with Crippen LogP contribution in [0.5, 0.6) is 0 Å². The second-order valence-electron chi connectivity index (χ2n) is 0.477. The molecule has 7 heavy (non-hydrogen) atoms. The molecule has 1 radical (unpaired) electrons. The third-order valence-electron chi connectivity index (χ3n) is 0.176. The summed E-state index contributed by atoms with van der Waals surface area (Å²) in [5, 5.41) is 0. The molecule has 0 bridgehead atoms. The van der Waals surface area contributed by atoms with Crippen molar-refractivity contribution < 1.29 is 58.6 Å². The van der Waals surface area contributed by atoms with Gasteiger partial charge in [-0.05, 0) is 0 Å². The Kier molecular flexibility index (Phi) is 35.3. The SMILES string of the molecule is CC#C[C-]=O.[W].[Y]. The predicted molar refractivity (Wildman–Crippen MR) is 19.1 cm³/mol. The molecule has 0 N–H and O–H groups in total. The van der Waals surface area contributed by atoms with Crippen LogP contribution >= 0.6 is 0 Å². The van der Waals surface area contributed by atoms with Crippen molar-refractivity contribution >= 4 is 6.29 Å². The molecule has 35 valence electrons. The average molecular weight is 340 g/mol. The van der Waals surface area contributed by atoms with Crippen LogP contribution < -0.4 is 0 Å². The van der Waals surface area contributed by atoms with Gasteiger partial charge >= 0.3 is 0 Å². The quantitative estimate of drug-likeness (QED) is 0.452. The monoisotopic (exact) mass is 340 g/mol. The van der Waals surface area contributed by atoms with E-state index in [1.54, 1.807) is 6.92 Å². The van der Waals surface area contributed by atoms with Crippen molar-refractivity contribution in [2.45, 2.75) is 6.92 Å². The first-order valence-electron chi connectivity index (χ1n) is 1.20. The van der Waals surface area contributed by atoms with Gasteiger partial charge in [-0.15, -0.1) is 0 Å². The Morgan fingerprint density at radius 1 is 1.57 bits per heavy atom. The van der Waals surface area contributed by atoms with Crippen LogP contribution in [-0.4, -0.2) is 6.29 Å². The minimum absolute atomic E-state index is 0. The second-order valence-corrected chi connectivity index (χ2v) is 0.477. The van der Waals surface area contributed by atoms with E-state index in [2.05, 4.69) is 11.8 Å². The maximum atomic E-state index is 9.11. The van der Waals surface area contributed by atoms with Gasteiger partial charge in [0.1, 0.15) is 0 Å². The Labute approximate surface area is 82.8 Å². The summed E-state index contributed by atoms with van der Waals surface area (Å²) in [5.74, 6) is 4.40. The third kappa shape index (κ3) is 19.4. The van der Waals surface area contributed by atoms with Gasteiger partial charge in [-0.25, -0.2) is 0 Å². The minimum atomic E-state index is 0. The van der Waals surface area contributed by atoms with Crippen LogP contribution in [-0.2, 0) is 58.6 Å². The van der Waals surface area contributed by atoms with E-state index in [0.29, 0.717) is 0 Å². The molecule has 0 saturated heterocycles. The largest absolute Gasteiger partial charge is 0.409 e. The van der Waals surface area contributed by atoms with Gasteiger partial charge in [0.2, 0.25) is 0 Å². The van der Waals surface area contributed by atoms with Crippen LogP contribution in [0.25, 0.3) is 0 Å². The van der Waals surface area contributed by atoms with E-state index in [1.165, 1.54) is 6.29 Å². The summed E-state index contributed by atoms with van der Waals surface area (Å²) >= 11 is 0. The molecule has 0 fully saturated rings. The van der Waals surface area contributed by atoms with E-state index in [0.717, 1.165) is 0 Å². The Bertz CT molecular complexity index is 81.4. The molecule has 3 heteroatoms. The molecule has 1 nitrogen and oxygen atoms in total. The minimum Gasteiger partial charge on any atom is -0.409 e. The van der Waals surface area contributed by atoms with Crippen LogP contribution in [0.2, 0.25) is 0 Å². The van der Waals surface area contributed by atoms with Gasteiger partial charge in [-0.3, -0.25) is 5.92 Å². The molecule has 0 saturated carbocycles. The number of carbonyl (C=O) groups excluding carboxylic acids is 1. The molecule has 0 aromatic rings. The van der Waals surface area contributed by atoms with Crippen molar-refractivity contribution in [3.8, 4) is 11.8 Å². The summed E-state index contributed by atoms with van der Waals surface area (Å²) < 4.78 is 0. The Hall–Kier alpha value is 1.02. The zero-order valence-corrected chi connectivity index (χ0v) is 9.67. The number of rotatable bonds is 0. The Morgan fingerprint density at radius 2 is 2.00 bits per heavy atom. The molecule has 0 aliphatic rings. The van der Waals surface area contributed by atoms with Crippen LogP contribution in [0.3, 0.4) is 0 Å². The third-order valence-corrected chi connectivity index (χ3v) is 0.176. The number of hydrogen-bond donors (Lipinski definition) is 0. The van der Waals surface area contributed by atoms with Crippen LogP contribution in [0.1, 0.15) is 6.92 Å². The zero-order chi connectivity index (χ0) is 4.12. The normalized spacial score (nSPS) is 3.00. The maximum absolute atomic E-state index is 9.11. The van der Waals surface area contributed by atoms with E-state index in [9.17, 15) is 0 Å². The molecular weight excluding hydrogens is 337 g/mol. The van der Waals surface area contributed by atoms with E-state index in [-0.39, 0.29) is 53.8 Å². The molecule has 0 aliphatic carbocycles. The van der Waals surface area contributed by atoms with Crippen LogP contribution in [0, 0.1) is 11.8 Å². The van der Waals surface area contributed by atoms with Crippen molar-refractivity contribution in [3.05, 3.63) is 0 Å². The molecule has 0 atom stereocenters. The first kappa shape index (κ1) is 15.7. The summed E-state index contributed by atoms with van der Waals surface area (Å²) in [7, 11) is 0. The topological polar surface area (TPSA) is 17.1 Å². The van der Waals surface area contributed by atoms with E-state index >= 15 is 0 Å². The summed E-state index contributed by atoms with van der Waals surface area (Å²) in [6.45, 7) is 1.59. The molecule has 0 aromatic carbocycles. The fourth-order valence-corrected chi connectivity index (χ4v) is 0.0510. The molecule has 0 rings (SSSR count). The second kappa shape index (κ2) is 15.7. The van der Waals surface area contributed by atoms with E-state index < -0.39 is 0 Å².